The fourth-order valence-corrected chi connectivity index (χ4v) is 2.87. The summed E-state index contributed by atoms with van der Waals surface area (Å²) in [6.45, 7) is 11.0. The van der Waals surface area contributed by atoms with Crippen LogP contribution in [-0.2, 0) is 18.0 Å². The second-order valence-corrected chi connectivity index (χ2v) is 6.07. The van der Waals surface area contributed by atoms with Gasteiger partial charge in [0.15, 0.2) is 0 Å². The van der Waals surface area contributed by atoms with Crippen LogP contribution < -0.4 is 0 Å². The lowest BCUT2D eigenvalue weighted by atomic mass is 10.2. The molecule has 0 aliphatic carbocycles. The molecule has 0 aliphatic rings. The highest BCUT2D eigenvalue weighted by Crippen LogP contribution is 2.05. The summed E-state index contributed by atoms with van der Waals surface area (Å²) in [6.07, 6.45) is 6.08. The zero-order valence-corrected chi connectivity index (χ0v) is 14.3. The summed E-state index contributed by atoms with van der Waals surface area (Å²) in [6, 6.07) is 0. The lowest BCUT2D eigenvalue weighted by molar-refractivity contribution is -0.00495. The van der Waals surface area contributed by atoms with Gasteiger partial charge in [0, 0.05) is 19.8 Å². The first-order chi connectivity index (χ1) is 9.28. The van der Waals surface area contributed by atoms with Gasteiger partial charge in [0.2, 0.25) is 0 Å². The third-order valence-corrected chi connectivity index (χ3v) is 4.51. The summed E-state index contributed by atoms with van der Waals surface area (Å²) < 4.78 is 22.5. The van der Waals surface area contributed by atoms with E-state index in [-0.39, 0.29) is 6.10 Å². The van der Waals surface area contributed by atoms with Crippen molar-refractivity contribution < 1.29 is 18.0 Å². The van der Waals surface area contributed by atoms with Crippen LogP contribution >= 0.6 is 0 Å². The van der Waals surface area contributed by atoms with E-state index in [1.54, 1.807) is 0 Å². The molecule has 0 aromatic rings. The molecule has 4 nitrogen and oxygen atoms in total. The van der Waals surface area contributed by atoms with Gasteiger partial charge >= 0.3 is 9.53 Å². The third-order valence-electron chi connectivity index (χ3n) is 2.83. The molecule has 5 heteroatoms. The van der Waals surface area contributed by atoms with Gasteiger partial charge in [-0.15, -0.1) is 0 Å². The minimum Gasteiger partial charge on any atom is -0.376 e. The van der Waals surface area contributed by atoms with Crippen LogP contribution in [0.1, 0.15) is 59.8 Å². The van der Waals surface area contributed by atoms with Gasteiger partial charge < -0.3 is 18.0 Å². The minimum absolute atomic E-state index is 0.164. The van der Waals surface area contributed by atoms with E-state index >= 15 is 0 Å². The molecule has 0 spiro atoms. The Bertz CT molecular complexity index is 175. The molecule has 0 N–H and O–H groups in total. The summed E-state index contributed by atoms with van der Waals surface area (Å²) in [5.41, 5.74) is 0. The van der Waals surface area contributed by atoms with Gasteiger partial charge in [-0.1, -0.05) is 33.1 Å². The smallest absolute Gasteiger partial charge is 0.376 e. The zero-order chi connectivity index (χ0) is 14.3. The normalized spacial score (nSPS) is 13.1. The van der Waals surface area contributed by atoms with Crippen LogP contribution in [0.2, 0.25) is 0 Å². The molecule has 0 aromatic heterocycles. The van der Waals surface area contributed by atoms with E-state index in [0.717, 1.165) is 19.4 Å². The average Bonchev–Trinajstić information content (AvgIpc) is 2.42. The summed E-state index contributed by atoms with van der Waals surface area (Å²) in [5, 5.41) is 0. The Labute approximate surface area is 120 Å². The molecule has 0 saturated heterocycles. The summed E-state index contributed by atoms with van der Waals surface area (Å²) in [5.74, 6) is 0. The van der Waals surface area contributed by atoms with Crippen molar-refractivity contribution in [1.29, 1.82) is 0 Å². The molecule has 0 fully saturated rings. The molecule has 0 heterocycles. The van der Waals surface area contributed by atoms with Crippen molar-refractivity contribution >= 4 is 9.53 Å². The van der Waals surface area contributed by atoms with Crippen LogP contribution in [0, 0.1) is 0 Å². The highest BCUT2D eigenvalue weighted by Gasteiger charge is 2.16. The Morgan fingerprint density at radius 2 is 1.53 bits per heavy atom. The molecule has 1 atom stereocenters. The molecule has 0 rings (SSSR count). The average molecular weight is 292 g/mol. The van der Waals surface area contributed by atoms with E-state index in [2.05, 4.69) is 13.8 Å². The first-order valence-electron chi connectivity index (χ1n) is 7.74. The first-order valence-corrected chi connectivity index (χ1v) is 9.16. The summed E-state index contributed by atoms with van der Waals surface area (Å²) >= 11 is 0. The Kier molecular flexibility index (Phi) is 14.5. The van der Waals surface area contributed by atoms with E-state index in [1.807, 2.05) is 13.8 Å². The van der Waals surface area contributed by atoms with Crippen LogP contribution in [0.25, 0.3) is 0 Å². The predicted octanol–water partition coefficient (Wildman–Crippen LogP) is 3.17. The summed E-state index contributed by atoms with van der Waals surface area (Å²) in [4.78, 5) is 0. The van der Waals surface area contributed by atoms with Crippen molar-refractivity contribution in [3.63, 3.8) is 0 Å². The van der Waals surface area contributed by atoms with Crippen LogP contribution in [0.3, 0.4) is 0 Å². The molecule has 0 amide bonds. The maximum absolute atomic E-state index is 5.83. The third kappa shape index (κ3) is 11.6. The molecule has 1 unspecified atom stereocenters. The zero-order valence-electron chi connectivity index (χ0n) is 13.2. The van der Waals surface area contributed by atoms with E-state index in [0.29, 0.717) is 19.8 Å². The number of rotatable bonds is 14. The van der Waals surface area contributed by atoms with Crippen molar-refractivity contribution in [3.05, 3.63) is 0 Å². The van der Waals surface area contributed by atoms with E-state index in [4.69, 9.17) is 18.0 Å². The summed E-state index contributed by atoms with van der Waals surface area (Å²) in [7, 11) is -1.94. The molecule has 116 valence electrons. The van der Waals surface area contributed by atoms with Gasteiger partial charge in [-0.3, -0.25) is 0 Å². The molecule has 0 saturated carbocycles. The second kappa shape index (κ2) is 14.5. The van der Waals surface area contributed by atoms with Crippen LogP contribution in [-0.4, -0.2) is 42.1 Å². The molecule has 0 radical (unpaired) electrons. The van der Waals surface area contributed by atoms with E-state index < -0.39 is 9.53 Å². The van der Waals surface area contributed by atoms with Gasteiger partial charge in [-0.2, -0.15) is 0 Å². The Hall–Kier alpha value is 0.0569. The van der Waals surface area contributed by atoms with Gasteiger partial charge in [0.1, 0.15) is 0 Å². The van der Waals surface area contributed by atoms with Crippen molar-refractivity contribution in [3.8, 4) is 0 Å². The lowest BCUT2D eigenvalue weighted by Crippen LogP contribution is -2.32. The SMILES string of the molecule is CCCCCCOC(CC)CO[SiH](OCC)OCC. The fourth-order valence-electron chi connectivity index (χ4n) is 1.67. The quantitative estimate of drug-likeness (QED) is 0.364. The monoisotopic (exact) mass is 292 g/mol. The number of unbranched alkanes of at least 4 members (excludes halogenated alkanes) is 3. The molecule has 0 aromatic carbocycles. The maximum atomic E-state index is 5.83. The highest BCUT2D eigenvalue weighted by atomic mass is 28.3. The second-order valence-electron chi connectivity index (χ2n) is 4.49. The molecule has 0 aliphatic heterocycles. The van der Waals surface area contributed by atoms with Crippen molar-refractivity contribution in [1.82, 2.24) is 0 Å². The van der Waals surface area contributed by atoms with Gasteiger partial charge in [0.25, 0.3) is 0 Å². The maximum Gasteiger partial charge on any atom is 0.484 e. The van der Waals surface area contributed by atoms with Gasteiger partial charge in [-0.05, 0) is 26.7 Å². The van der Waals surface area contributed by atoms with E-state index in [1.165, 1.54) is 19.3 Å². The Morgan fingerprint density at radius 3 is 2.05 bits per heavy atom. The van der Waals surface area contributed by atoms with Crippen molar-refractivity contribution in [2.75, 3.05) is 26.4 Å². The number of hydrogen-bond donors (Lipinski definition) is 0. The van der Waals surface area contributed by atoms with Crippen molar-refractivity contribution in [2.24, 2.45) is 0 Å². The number of ether oxygens (including phenoxy) is 1. The Morgan fingerprint density at radius 1 is 0.842 bits per heavy atom. The van der Waals surface area contributed by atoms with Crippen LogP contribution in [0.5, 0.6) is 0 Å². The lowest BCUT2D eigenvalue weighted by Gasteiger charge is -2.20. The number of hydrogen-bond acceptors (Lipinski definition) is 4. The van der Waals surface area contributed by atoms with E-state index in [9.17, 15) is 0 Å². The van der Waals surface area contributed by atoms with Crippen LogP contribution in [0.15, 0.2) is 0 Å². The van der Waals surface area contributed by atoms with Gasteiger partial charge in [0.05, 0.1) is 12.7 Å². The Balaban J connectivity index is 3.71. The van der Waals surface area contributed by atoms with Crippen molar-refractivity contribution in [2.45, 2.75) is 65.9 Å². The first kappa shape index (κ1) is 19.1. The standard InChI is InChI=1S/C14H32O4Si/c1-5-9-10-11-12-15-14(6-2)13-18-19(16-7-3)17-8-4/h14,19H,5-13H2,1-4H3. The van der Waals surface area contributed by atoms with Gasteiger partial charge in [-0.25, -0.2) is 0 Å². The fraction of sp³-hybridized carbons (Fsp3) is 1.00. The molecular weight excluding hydrogens is 260 g/mol. The molecule has 19 heavy (non-hydrogen) atoms. The molecular formula is C14H32O4Si. The van der Waals surface area contributed by atoms with Crippen LogP contribution in [0.4, 0.5) is 0 Å². The predicted molar refractivity (Wildman–Crippen MR) is 80.5 cm³/mol. The molecule has 0 bridgehead atoms. The minimum atomic E-state index is -1.94. The topological polar surface area (TPSA) is 36.9 Å². The highest BCUT2D eigenvalue weighted by molar-refractivity contribution is 6.36. The largest absolute Gasteiger partial charge is 0.484 e.